The minimum absolute atomic E-state index is 0.133. The summed E-state index contributed by atoms with van der Waals surface area (Å²) in [7, 11) is 0. The Balaban J connectivity index is 1.26. The molecule has 3 fully saturated rings. The van der Waals surface area contributed by atoms with Crippen LogP contribution in [0.4, 0.5) is 4.79 Å². The van der Waals surface area contributed by atoms with Gasteiger partial charge in [-0.2, -0.15) is 16.1 Å². The van der Waals surface area contributed by atoms with Crippen LogP contribution in [0.25, 0.3) is 22.5 Å². The molecule has 3 aromatic rings. The normalized spacial score (nSPS) is 28.7. The molecule has 0 radical (unpaired) electrons. The molecular weight excluding hydrogens is 634 g/mol. The lowest BCUT2D eigenvalue weighted by Gasteiger charge is -2.35. The van der Waals surface area contributed by atoms with Gasteiger partial charge in [0.2, 0.25) is 11.7 Å². The summed E-state index contributed by atoms with van der Waals surface area (Å²) in [5.41, 5.74) is 0.960. The van der Waals surface area contributed by atoms with Crippen molar-refractivity contribution in [1.82, 2.24) is 35.7 Å². The van der Waals surface area contributed by atoms with E-state index in [2.05, 4.69) is 37.5 Å². The van der Waals surface area contributed by atoms with E-state index in [1.54, 1.807) is 37.0 Å². The maximum absolute atomic E-state index is 14.0. The van der Waals surface area contributed by atoms with Crippen molar-refractivity contribution in [3.05, 3.63) is 41.1 Å². The van der Waals surface area contributed by atoms with Crippen molar-refractivity contribution in [2.75, 3.05) is 6.54 Å². The van der Waals surface area contributed by atoms with Crippen molar-refractivity contribution in [1.29, 1.82) is 0 Å². The van der Waals surface area contributed by atoms with Crippen molar-refractivity contribution in [3.8, 4) is 22.5 Å². The fourth-order valence-electron chi connectivity index (χ4n) is 7.01. The van der Waals surface area contributed by atoms with Crippen LogP contribution in [0.15, 0.2) is 41.1 Å². The van der Waals surface area contributed by atoms with Gasteiger partial charge >= 0.3 is 12.1 Å². The summed E-state index contributed by atoms with van der Waals surface area (Å²) >= 11 is 1.63. The summed E-state index contributed by atoms with van der Waals surface area (Å²) in [5.74, 6) is -1.22. The Hall–Kier alpha value is -3.88. The van der Waals surface area contributed by atoms with Gasteiger partial charge in [-0.1, -0.05) is 56.4 Å². The number of aliphatic carboxylic acids is 1. The van der Waals surface area contributed by atoms with E-state index >= 15 is 0 Å². The van der Waals surface area contributed by atoms with E-state index in [4.69, 9.17) is 4.74 Å². The lowest BCUT2D eigenvalue weighted by molar-refractivity contribution is -0.145. The second kappa shape index (κ2) is 13.9. The van der Waals surface area contributed by atoms with E-state index in [0.29, 0.717) is 18.7 Å². The van der Waals surface area contributed by atoms with Gasteiger partial charge in [0.25, 0.3) is 0 Å². The number of alkyl carbamates (subject to hydrolysis) is 1. The van der Waals surface area contributed by atoms with Crippen LogP contribution in [0.2, 0.25) is 0 Å². The van der Waals surface area contributed by atoms with Crippen LogP contribution in [0, 0.1) is 5.92 Å². The second-order valence-corrected chi connectivity index (χ2v) is 15.1. The number of nitrogens with one attached hydrogen (secondary N) is 2. The minimum atomic E-state index is -1.31. The number of amides is 2. The molecule has 4 heterocycles. The Bertz CT molecular complexity index is 1590. The molecule has 6 atom stereocenters. The van der Waals surface area contributed by atoms with Gasteiger partial charge in [-0.15, -0.1) is 10.2 Å². The van der Waals surface area contributed by atoms with Gasteiger partial charge in [0, 0.05) is 12.1 Å². The molecule has 1 aromatic carbocycles. The lowest BCUT2D eigenvalue weighted by atomic mass is 10.0. The molecule has 0 bridgehead atoms. The highest BCUT2D eigenvalue weighted by molar-refractivity contribution is 7.08. The first-order valence-corrected chi connectivity index (χ1v) is 17.8. The first-order valence-electron chi connectivity index (χ1n) is 16.8. The lowest BCUT2D eigenvalue weighted by Crippen LogP contribution is -2.58. The number of hydrogen-bond donors (Lipinski definition) is 4. The maximum Gasteiger partial charge on any atom is 0.408 e. The van der Waals surface area contributed by atoms with Crippen molar-refractivity contribution in [2.45, 2.75) is 114 Å². The smallest absolute Gasteiger partial charge is 0.408 e. The highest BCUT2D eigenvalue weighted by Gasteiger charge is 2.62. The molecular formula is C34H45N7O6S. The average Bonchev–Trinajstić information content (AvgIpc) is 3.53. The zero-order chi connectivity index (χ0) is 34.1. The Kier molecular flexibility index (Phi) is 9.86. The molecule has 258 valence electrons. The zero-order valence-corrected chi connectivity index (χ0v) is 28.5. The van der Waals surface area contributed by atoms with E-state index in [1.807, 2.05) is 29.6 Å². The first-order chi connectivity index (χ1) is 22.9. The molecule has 2 amide bonds. The van der Waals surface area contributed by atoms with Crippen molar-refractivity contribution < 1.29 is 29.3 Å². The molecule has 13 nitrogen and oxygen atoms in total. The number of fused-ring (bicyclic) bond motifs is 2. The van der Waals surface area contributed by atoms with Crippen LogP contribution in [-0.4, -0.2) is 89.3 Å². The van der Waals surface area contributed by atoms with Gasteiger partial charge in [-0.3, -0.25) is 9.69 Å². The Labute approximate surface area is 284 Å². The summed E-state index contributed by atoms with van der Waals surface area (Å²) < 4.78 is 5.51. The van der Waals surface area contributed by atoms with Crippen LogP contribution >= 0.6 is 11.3 Å². The van der Waals surface area contributed by atoms with Gasteiger partial charge in [-0.25, -0.2) is 9.59 Å². The fraction of sp³-hybridized carbons (Fsp3) is 0.588. The standard InChI is InChI=1S/C34H45N7O6S/c1-33(2,3)47-32(46)35-26-10-8-6-4-5-7-9-24-18-34(24,31(44)45)36-29(42)27-17-25(19-40(27)30(26)43)41-38-28(37-39-41)22-13-11-21(12-14-22)23-15-16-48-20-23/h11-16,20,24-27,30,43H,4-10,17-19H2,1-3H3,(H,35,46)(H,36,42)(H,44,45)/t24-,25-,26+,27-,30+,34-/m0/s1. The fourth-order valence-corrected chi connectivity index (χ4v) is 7.68. The number of ether oxygens (including phenoxy) is 1. The van der Waals surface area contributed by atoms with Gasteiger partial charge in [0.15, 0.2) is 0 Å². The molecule has 1 saturated carbocycles. The molecule has 6 rings (SSSR count). The van der Waals surface area contributed by atoms with Gasteiger partial charge in [0.05, 0.1) is 18.1 Å². The number of aliphatic hydroxyl groups excluding tert-OH is 1. The van der Waals surface area contributed by atoms with Crippen LogP contribution in [-0.2, 0) is 14.3 Å². The predicted octanol–water partition coefficient (Wildman–Crippen LogP) is 4.60. The zero-order valence-electron chi connectivity index (χ0n) is 27.7. The highest BCUT2D eigenvalue weighted by Crippen LogP contribution is 2.47. The van der Waals surface area contributed by atoms with Gasteiger partial charge in [-0.05, 0) is 85.5 Å². The Morgan fingerprint density at radius 1 is 1.04 bits per heavy atom. The molecule has 1 aliphatic carbocycles. The summed E-state index contributed by atoms with van der Waals surface area (Å²) in [4.78, 5) is 42.4. The molecule has 2 aliphatic heterocycles. The van der Waals surface area contributed by atoms with Gasteiger partial charge in [0.1, 0.15) is 17.4 Å². The molecule has 0 spiro atoms. The SMILES string of the molecule is CC(C)(C)OC(=O)N[C@@H]1CCCCCCC[C@H]2C[C@]2(C(=O)O)NC(=O)[C@@H]2C[C@H](n3nnc(-c4ccc(-c5ccsc5)cc4)n3)CN2[C@@H]1O. The van der Waals surface area contributed by atoms with E-state index < -0.39 is 53.5 Å². The van der Waals surface area contributed by atoms with E-state index in [9.17, 15) is 24.6 Å². The quantitative estimate of drug-likeness (QED) is 0.299. The van der Waals surface area contributed by atoms with Gasteiger partial charge < -0.3 is 25.6 Å². The van der Waals surface area contributed by atoms with Crippen molar-refractivity contribution in [3.63, 3.8) is 0 Å². The number of carbonyl (C=O) groups is 3. The van der Waals surface area contributed by atoms with Crippen LogP contribution < -0.4 is 10.6 Å². The molecule has 48 heavy (non-hydrogen) atoms. The third-order valence-electron chi connectivity index (χ3n) is 9.67. The topological polar surface area (TPSA) is 172 Å². The van der Waals surface area contributed by atoms with Crippen molar-refractivity contribution in [2.24, 2.45) is 5.92 Å². The molecule has 3 aliphatic rings. The summed E-state index contributed by atoms with van der Waals surface area (Å²) in [6.07, 6.45) is 4.35. The number of aliphatic hydroxyl groups is 1. The second-order valence-electron chi connectivity index (χ2n) is 14.3. The van der Waals surface area contributed by atoms with E-state index in [0.717, 1.165) is 55.2 Å². The van der Waals surface area contributed by atoms with E-state index in [-0.39, 0.29) is 18.9 Å². The largest absolute Gasteiger partial charge is 0.479 e. The van der Waals surface area contributed by atoms with Crippen LogP contribution in [0.1, 0.15) is 84.6 Å². The number of carboxylic acids is 1. The number of carboxylic acid groups (broad SMARTS) is 1. The van der Waals surface area contributed by atoms with Crippen molar-refractivity contribution >= 4 is 29.3 Å². The minimum Gasteiger partial charge on any atom is -0.479 e. The van der Waals surface area contributed by atoms with Crippen LogP contribution in [0.3, 0.4) is 0 Å². The third kappa shape index (κ3) is 7.55. The third-order valence-corrected chi connectivity index (χ3v) is 10.4. The molecule has 0 unspecified atom stereocenters. The summed E-state index contributed by atoms with van der Waals surface area (Å²) in [6.45, 7) is 5.49. The average molecular weight is 680 g/mol. The summed E-state index contributed by atoms with van der Waals surface area (Å²) in [5, 5.41) is 45.2. The Morgan fingerprint density at radius 3 is 2.44 bits per heavy atom. The number of thiophene rings is 1. The highest BCUT2D eigenvalue weighted by atomic mass is 32.1. The molecule has 2 saturated heterocycles. The number of carbonyl (C=O) groups excluding carboxylic acids is 2. The number of hydrogen-bond acceptors (Lipinski definition) is 10. The number of rotatable bonds is 5. The monoisotopic (exact) mass is 679 g/mol. The Morgan fingerprint density at radius 2 is 1.75 bits per heavy atom. The van der Waals surface area contributed by atoms with Crippen LogP contribution in [0.5, 0.6) is 0 Å². The molecule has 4 N–H and O–H groups in total. The number of tetrazole rings is 1. The summed E-state index contributed by atoms with van der Waals surface area (Å²) in [6, 6.07) is 7.88. The molecule has 14 heteroatoms. The van der Waals surface area contributed by atoms with E-state index in [1.165, 1.54) is 4.80 Å². The number of aromatic nitrogens is 4. The number of benzene rings is 1. The maximum atomic E-state index is 14.0. The number of nitrogens with zero attached hydrogens (tertiary/aromatic N) is 5. The molecule has 2 aromatic heterocycles. The predicted molar refractivity (Wildman–Crippen MR) is 179 cm³/mol. The first kappa shape index (κ1) is 34.0.